The lowest BCUT2D eigenvalue weighted by Gasteiger charge is -2.17. The van der Waals surface area contributed by atoms with E-state index in [1.54, 1.807) is 4.90 Å². The van der Waals surface area contributed by atoms with Gasteiger partial charge in [-0.2, -0.15) is 0 Å². The van der Waals surface area contributed by atoms with Crippen LogP contribution >= 0.6 is 23.1 Å². The number of nitrogens with one attached hydrogen (secondary N) is 1. The van der Waals surface area contributed by atoms with E-state index in [1.165, 1.54) is 28.7 Å². The van der Waals surface area contributed by atoms with Crippen LogP contribution in [0.1, 0.15) is 30.9 Å². The molecular formula is C19H26N4O2S2. The molecule has 3 rings (SSSR count). The zero-order chi connectivity index (χ0) is 19.1. The average Bonchev–Trinajstić information content (AvgIpc) is 3.36. The van der Waals surface area contributed by atoms with Crippen molar-refractivity contribution >= 4 is 34.1 Å². The van der Waals surface area contributed by atoms with Crippen LogP contribution in [-0.2, 0) is 22.5 Å². The Morgan fingerprint density at radius 3 is 2.81 bits per heavy atom. The Morgan fingerprint density at radius 1 is 1.33 bits per heavy atom. The van der Waals surface area contributed by atoms with Crippen LogP contribution in [-0.4, -0.2) is 53.1 Å². The summed E-state index contributed by atoms with van der Waals surface area (Å²) in [5, 5.41) is 12.3. The summed E-state index contributed by atoms with van der Waals surface area (Å²) < 4.78 is 6.39. The third kappa shape index (κ3) is 6.19. The van der Waals surface area contributed by atoms with Gasteiger partial charge in [0.25, 0.3) is 0 Å². The second-order valence-corrected chi connectivity index (χ2v) is 8.80. The number of nitrogens with zero attached hydrogens (tertiary/aromatic N) is 3. The molecular weight excluding hydrogens is 380 g/mol. The van der Waals surface area contributed by atoms with Crippen molar-refractivity contribution < 1.29 is 9.53 Å². The molecule has 1 aromatic carbocycles. The second-order valence-electron chi connectivity index (χ2n) is 6.60. The molecule has 0 saturated carbocycles. The van der Waals surface area contributed by atoms with Gasteiger partial charge in [0.05, 0.1) is 11.9 Å². The Kier molecular flexibility index (Phi) is 7.49. The quantitative estimate of drug-likeness (QED) is 0.644. The van der Waals surface area contributed by atoms with E-state index in [-0.39, 0.29) is 12.0 Å². The summed E-state index contributed by atoms with van der Waals surface area (Å²) in [6, 6.07) is 8.42. The number of ether oxygens (including phenoxy) is 1. The first kappa shape index (κ1) is 20.1. The molecule has 1 atom stereocenters. The first-order chi connectivity index (χ1) is 13.1. The number of amides is 1. The fourth-order valence-electron chi connectivity index (χ4n) is 2.82. The van der Waals surface area contributed by atoms with Crippen molar-refractivity contribution in [3.8, 4) is 0 Å². The monoisotopic (exact) mass is 406 g/mol. The molecule has 0 bridgehead atoms. The standard InChI is InChI=1S/C19H26N4O2S2/c1-3-14-6-8-15(9-7-14)12-23(2)17(24)13-26-19-22-21-18(27-19)20-11-16-5-4-10-25-16/h6-9,16H,3-5,10-13H2,1-2H3,(H,20,21). The van der Waals surface area contributed by atoms with Crippen molar-refractivity contribution in [1.82, 2.24) is 15.1 Å². The van der Waals surface area contributed by atoms with Crippen LogP contribution in [0.3, 0.4) is 0 Å². The van der Waals surface area contributed by atoms with Crippen molar-refractivity contribution in [2.45, 2.75) is 43.2 Å². The number of carbonyl (C=O) groups excluding carboxylic acids is 1. The lowest BCUT2D eigenvalue weighted by molar-refractivity contribution is -0.127. The Balaban J connectivity index is 1.41. The van der Waals surface area contributed by atoms with E-state index in [1.807, 2.05) is 7.05 Å². The number of aromatic nitrogens is 2. The van der Waals surface area contributed by atoms with Gasteiger partial charge in [0.2, 0.25) is 11.0 Å². The largest absolute Gasteiger partial charge is 0.376 e. The minimum Gasteiger partial charge on any atom is -0.376 e. The molecule has 1 amide bonds. The first-order valence-electron chi connectivity index (χ1n) is 9.27. The molecule has 1 aliphatic heterocycles. The van der Waals surface area contributed by atoms with E-state index < -0.39 is 0 Å². The highest BCUT2D eigenvalue weighted by Gasteiger charge is 2.16. The summed E-state index contributed by atoms with van der Waals surface area (Å²) in [4.78, 5) is 14.1. The van der Waals surface area contributed by atoms with Gasteiger partial charge < -0.3 is 15.0 Å². The molecule has 1 fully saturated rings. The summed E-state index contributed by atoms with van der Waals surface area (Å²) in [6.07, 6.45) is 3.52. The Bertz CT molecular complexity index is 730. The number of aryl methyl sites for hydroxylation is 1. The molecule has 1 N–H and O–H groups in total. The van der Waals surface area contributed by atoms with Crippen molar-refractivity contribution in [3.05, 3.63) is 35.4 Å². The van der Waals surface area contributed by atoms with Crippen LogP contribution in [0.4, 0.5) is 5.13 Å². The third-order valence-corrected chi connectivity index (χ3v) is 6.51. The fourth-order valence-corrected chi connectivity index (χ4v) is 4.52. The van der Waals surface area contributed by atoms with Gasteiger partial charge in [-0.05, 0) is 30.4 Å². The third-order valence-electron chi connectivity index (χ3n) is 4.51. The predicted molar refractivity (Wildman–Crippen MR) is 110 cm³/mol. The van der Waals surface area contributed by atoms with Gasteiger partial charge in [-0.1, -0.05) is 54.3 Å². The molecule has 8 heteroatoms. The summed E-state index contributed by atoms with van der Waals surface area (Å²) in [7, 11) is 1.84. The van der Waals surface area contributed by atoms with E-state index in [0.29, 0.717) is 12.3 Å². The smallest absolute Gasteiger partial charge is 0.233 e. The Hall–Kier alpha value is -1.64. The number of hydrogen-bond donors (Lipinski definition) is 1. The van der Waals surface area contributed by atoms with Gasteiger partial charge >= 0.3 is 0 Å². The maximum atomic E-state index is 12.4. The van der Waals surface area contributed by atoms with E-state index in [0.717, 1.165) is 47.4 Å². The molecule has 27 heavy (non-hydrogen) atoms. The number of benzene rings is 1. The molecule has 0 radical (unpaired) electrons. The number of hydrogen-bond acceptors (Lipinski definition) is 7. The van der Waals surface area contributed by atoms with Gasteiger partial charge in [0.1, 0.15) is 0 Å². The normalized spacial score (nSPS) is 16.4. The van der Waals surface area contributed by atoms with Crippen molar-refractivity contribution in [2.75, 3.05) is 31.3 Å². The minimum atomic E-state index is 0.0867. The molecule has 2 aromatic rings. The number of anilines is 1. The zero-order valence-electron chi connectivity index (χ0n) is 15.8. The topological polar surface area (TPSA) is 67.4 Å². The van der Waals surface area contributed by atoms with Gasteiger partial charge in [-0.25, -0.2) is 0 Å². The maximum absolute atomic E-state index is 12.4. The first-order valence-corrected chi connectivity index (χ1v) is 11.1. The van der Waals surface area contributed by atoms with Crippen LogP contribution < -0.4 is 5.32 Å². The average molecular weight is 407 g/mol. The van der Waals surface area contributed by atoms with Gasteiger partial charge in [-0.3, -0.25) is 4.79 Å². The highest BCUT2D eigenvalue weighted by molar-refractivity contribution is 8.01. The summed E-state index contributed by atoms with van der Waals surface area (Å²) in [6.45, 7) is 4.37. The molecule has 1 unspecified atom stereocenters. The number of rotatable bonds is 9. The van der Waals surface area contributed by atoms with Crippen molar-refractivity contribution in [2.24, 2.45) is 0 Å². The minimum absolute atomic E-state index is 0.0867. The highest BCUT2D eigenvalue weighted by atomic mass is 32.2. The van der Waals surface area contributed by atoms with Crippen LogP contribution in [0.25, 0.3) is 0 Å². The van der Waals surface area contributed by atoms with Gasteiger partial charge in [-0.15, -0.1) is 10.2 Å². The van der Waals surface area contributed by atoms with Gasteiger partial charge in [0, 0.05) is 26.7 Å². The summed E-state index contributed by atoms with van der Waals surface area (Å²) in [5.41, 5.74) is 2.45. The van der Waals surface area contributed by atoms with E-state index >= 15 is 0 Å². The number of thioether (sulfide) groups is 1. The molecule has 6 nitrogen and oxygen atoms in total. The molecule has 146 valence electrons. The van der Waals surface area contributed by atoms with Crippen molar-refractivity contribution in [3.63, 3.8) is 0 Å². The van der Waals surface area contributed by atoms with E-state index in [9.17, 15) is 4.79 Å². The molecule has 1 aliphatic rings. The lowest BCUT2D eigenvalue weighted by atomic mass is 10.1. The van der Waals surface area contributed by atoms with Gasteiger partial charge in [0.15, 0.2) is 4.34 Å². The number of carbonyl (C=O) groups is 1. The molecule has 0 spiro atoms. The van der Waals surface area contributed by atoms with E-state index in [2.05, 4.69) is 46.7 Å². The van der Waals surface area contributed by atoms with E-state index in [4.69, 9.17) is 4.74 Å². The Labute approximate surface area is 168 Å². The summed E-state index contributed by atoms with van der Waals surface area (Å²) in [5.74, 6) is 0.452. The molecule has 0 aliphatic carbocycles. The summed E-state index contributed by atoms with van der Waals surface area (Å²) >= 11 is 2.92. The van der Waals surface area contributed by atoms with Crippen LogP contribution in [0, 0.1) is 0 Å². The highest BCUT2D eigenvalue weighted by Crippen LogP contribution is 2.26. The predicted octanol–water partition coefficient (Wildman–Crippen LogP) is 3.44. The Morgan fingerprint density at radius 2 is 2.11 bits per heavy atom. The van der Waals surface area contributed by atoms with Crippen molar-refractivity contribution in [1.29, 1.82) is 0 Å². The fraction of sp³-hybridized carbons (Fsp3) is 0.526. The second kappa shape index (κ2) is 10.1. The van der Waals surface area contributed by atoms with Crippen LogP contribution in [0.15, 0.2) is 28.6 Å². The van der Waals surface area contributed by atoms with Crippen LogP contribution in [0.5, 0.6) is 0 Å². The molecule has 2 heterocycles. The van der Waals surface area contributed by atoms with Crippen LogP contribution in [0.2, 0.25) is 0 Å². The molecule has 1 aromatic heterocycles. The zero-order valence-corrected chi connectivity index (χ0v) is 17.4. The SMILES string of the molecule is CCc1ccc(CN(C)C(=O)CSc2nnc(NCC3CCCO3)s2)cc1. The maximum Gasteiger partial charge on any atom is 0.233 e. The molecule has 1 saturated heterocycles. The lowest BCUT2D eigenvalue weighted by Crippen LogP contribution is -2.27.